The van der Waals surface area contributed by atoms with Gasteiger partial charge in [0.2, 0.25) is 0 Å². The third kappa shape index (κ3) is 4.02. The van der Waals surface area contributed by atoms with Gasteiger partial charge in [0.25, 0.3) is 0 Å². The number of esters is 1. The highest BCUT2D eigenvalue weighted by atomic mass is 16.5. The summed E-state index contributed by atoms with van der Waals surface area (Å²) in [6.45, 7) is 2.85. The van der Waals surface area contributed by atoms with Crippen molar-refractivity contribution in [2.75, 3.05) is 26.7 Å². The molecule has 0 radical (unpaired) electrons. The predicted molar refractivity (Wildman–Crippen MR) is 75.1 cm³/mol. The molecule has 110 valence electrons. The van der Waals surface area contributed by atoms with Gasteiger partial charge < -0.3 is 14.7 Å². The molecule has 1 fully saturated rings. The molecular formula is C15H22N2O3. The molecule has 1 aliphatic rings. The van der Waals surface area contributed by atoms with Crippen LogP contribution in [0.15, 0.2) is 24.5 Å². The Labute approximate surface area is 119 Å². The van der Waals surface area contributed by atoms with Gasteiger partial charge in [-0.2, -0.15) is 0 Å². The fourth-order valence-electron chi connectivity index (χ4n) is 2.64. The Kier molecular flexibility index (Phi) is 5.49. The SMILES string of the molecule is COC(=O)[C@H](O)C1CCN(CCc2ccncc2)CC1. The van der Waals surface area contributed by atoms with Gasteiger partial charge in [-0.1, -0.05) is 0 Å². The minimum atomic E-state index is -0.970. The molecule has 0 amide bonds. The predicted octanol–water partition coefficient (Wildman–Crippen LogP) is 0.870. The van der Waals surface area contributed by atoms with Crippen molar-refractivity contribution in [1.29, 1.82) is 0 Å². The molecule has 0 spiro atoms. The fourth-order valence-corrected chi connectivity index (χ4v) is 2.64. The number of likely N-dealkylation sites (tertiary alicyclic amines) is 1. The van der Waals surface area contributed by atoms with Crippen molar-refractivity contribution in [3.63, 3.8) is 0 Å². The van der Waals surface area contributed by atoms with Gasteiger partial charge in [-0.25, -0.2) is 4.79 Å². The Bertz CT molecular complexity index is 416. The van der Waals surface area contributed by atoms with E-state index < -0.39 is 12.1 Å². The Morgan fingerprint density at radius 1 is 1.45 bits per heavy atom. The monoisotopic (exact) mass is 278 g/mol. The van der Waals surface area contributed by atoms with Gasteiger partial charge in [-0.05, 0) is 56.0 Å². The van der Waals surface area contributed by atoms with Crippen molar-refractivity contribution in [2.24, 2.45) is 5.92 Å². The number of hydrogen-bond donors (Lipinski definition) is 1. The Balaban J connectivity index is 1.73. The van der Waals surface area contributed by atoms with Crippen molar-refractivity contribution in [1.82, 2.24) is 9.88 Å². The first-order valence-electron chi connectivity index (χ1n) is 7.08. The van der Waals surface area contributed by atoms with E-state index in [0.717, 1.165) is 38.9 Å². The van der Waals surface area contributed by atoms with E-state index in [1.165, 1.54) is 12.7 Å². The number of methoxy groups -OCH3 is 1. The van der Waals surface area contributed by atoms with E-state index >= 15 is 0 Å². The number of carbonyl (C=O) groups excluding carboxylic acids is 1. The van der Waals surface area contributed by atoms with Crippen LogP contribution in [0, 0.1) is 5.92 Å². The smallest absolute Gasteiger partial charge is 0.334 e. The summed E-state index contributed by atoms with van der Waals surface area (Å²) < 4.78 is 4.59. The molecule has 0 bridgehead atoms. The molecule has 1 aromatic rings. The number of rotatable bonds is 5. The second kappa shape index (κ2) is 7.36. The lowest BCUT2D eigenvalue weighted by atomic mass is 9.91. The minimum Gasteiger partial charge on any atom is -0.467 e. The second-order valence-corrected chi connectivity index (χ2v) is 5.25. The van der Waals surface area contributed by atoms with Gasteiger partial charge in [0.1, 0.15) is 0 Å². The van der Waals surface area contributed by atoms with E-state index in [1.54, 1.807) is 0 Å². The third-order valence-corrected chi connectivity index (χ3v) is 3.99. The fraction of sp³-hybridized carbons (Fsp3) is 0.600. The Morgan fingerprint density at radius 2 is 2.10 bits per heavy atom. The molecule has 2 rings (SSSR count). The van der Waals surface area contributed by atoms with E-state index in [9.17, 15) is 9.90 Å². The molecule has 0 saturated carbocycles. The average Bonchev–Trinajstić information content (AvgIpc) is 2.53. The van der Waals surface area contributed by atoms with E-state index in [-0.39, 0.29) is 5.92 Å². The molecule has 20 heavy (non-hydrogen) atoms. The molecule has 5 heteroatoms. The maximum atomic E-state index is 11.3. The highest BCUT2D eigenvalue weighted by Crippen LogP contribution is 2.21. The lowest BCUT2D eigenvalue weighted by molar-refractivity contribution is -0.154. The molecule has 1 N–H and O–H groups in total. The highest BCUT2D eigenvalue weighted by Gasteiger charge is 2.30. The number of pyridine rings is 1. The maximum absolute atomic E-state index is 11.3. The van der Waals surface area contributed by atoms with E-state index in [4.69, 9.17) is 0 Å². The van der Waals surface area contributed by atoms with Crippen LogP contribution in [-0.4, -0.2) is 53.8 Å². The highest BCUT2D eigenvalue weighted by molar-refractivity contribution is 5.74. The van der Waals surface area contributed by atoms with Crippen LogP contribution in [0.2, 0.25) is 0 Å². The van der Waals surface area contributed by atoms with Crippen LogP contribution in [0.25, 0.3) is 0 Å². The zero-order chi connectivity index (χ0) is 14.4. The first-order valence-corrected chi connectivity index (χ1v) is 7.08. The molecule has 2 heterocycles. The van der Waals surface area contributed by atoms with Crippen LogP contribution < -0.4 is 0 Å². The molecule has 0 aliphatic carbocycles. The summed E-state index contributed by atoms with van der Waals surface area (Å²) in [6, 6.07) is 4.07. The number of hydrogen-bond acceptors (Lipinski definition) is 5. The summed E-state index contributed by atoms with van der Waals surface area (Å²) in [5, 5.41) is 9.84. The number of carbonyl (C=O) groups is 1. The topological polar surface area (TPSA) is 62.7 Å². The molecule has 0 unspecified atom stereocenters. The number of nitrogens with zero attached hydrogens (tertiary/aromatic N) is 2. The first kappa shape index (κ1) is 14.9. The van der Waals surface area contributed by atoms with Crippen LogP contribution in [0.1, 0.15) is 18.4 Å². The van der Waals surface area contributed by atoms with Crippen LogP contribution in [0.5, 0.6) is 0 Å². The van der Waals surface area contributed by atoms with Crippen LogP contribution in [-0.2, 0) is 16.0 Å². The second-order valence-electron chi connectivity index (χ2n) is 5.25. The average molecular weight is 278 g/mol. The van der Waals surface area contributed by atoms with E-state index in [0.29, 0.717) is 0 Å². The van der Waals surface area contributed by atoms with Gasteiger partial charge in [-0.3, -0.25) is 4.98 Å². The van der Waals surface area contributed by atoms with Gasteiger partial charge in [0.15, 0.2) is 6.10 Å². The summed E-state index contributed by atoms with van der Waals surface area (Å²) in [7, 11) is 1.31. The van der Waals surface area contributed by atoms with Crippen molar-refractivity contribution in [3.05, 3.63) is 30.1 Å². The lowest BCUT2D eigenvalue weighted by Gasteiger charge is -2.33. The van der Waals surface area contributed by atoms with E-state index in [2.05, 4.69) is 14.6 Å². The number of piperidine rings is 1. The summed E-state index contributed by atoms with van der Waals surface area (Å²) in [5.74, 6) is -0.486. The van der Waals surface area contributed by atoms with Crippen molar-refractivity contribution in [2.45, 2.75) is 25.4 Å². The summed E-state index contributed by atoms with van der Waals surface area (Å²) in [5.41, 5.74) is 1.29. The molecule has 5 nitrogen and oxygen atoms in total. The first-order chi connectivity index (χ1) is 9.70. The number of aromatic nitrogens is 1. The van der Waals surface area contributed by atoms with Crippen molar-refractivity contribution < 1.29 is 14.6 Å². The Hall–Kier alpha value is -1.46. The molecule has 0 aromatic carbocycles. The lowest BCUT2D eigenvalue weighted by Crippen LogP contribution is -2.41. The molecule has 1 atom stereocenters. The maximum Gasteiger partial charge on any atom is 0.334 e. The van der Waals surface area contributed by atoms with Gasteiger partial charge in [-0.15, -0.1) is 0 Å². The number of aliphatic hydroxyl groups is 1. The zero-order valence-corrected chi connectivity index (χ0v) is 11.9. The molecular weight excluding hydrogens is 256 g/mol. The molecule has 1 aliphatic heterocycles. The van der Waals surface area contributed by atoms with Crippen molar-refractivity contribution >= 4 is 5.97 Å². The summed E-state index contributed by atoms with van der Waals surface area (Å²) in [6.07, 6.45) is 5.34. The third-order valence-electron chi connectivity index (χ3n) is 3.99. The zero-order valence-electron chi connectivity index (χ0n) is 11.9. The standard InChI is InChI=1S/C15H22N2O3/c1-20-15(19)14(18)13-5-10-17(11-6-13)9-4-12-2-7-16-8-3-12/h2-3,7-8,13-14,18H,4-6,9-11H2,1H3/t14-/m1/s1. The van der Waals surface area contributed by atoms with Crippen LogP contribution in [0.3, 0.4) is 0 Å². The normalized spacial score (nSPS) is 18.7. The van der Waals surface area contributed by atoms with Gasteiger partial charge in [0, 0.05) is 18.9 Å². The summed E-state index contributed by atoms with van der Waals surface area (Å²) >= 11 is 0. The van der Waals surface area contributed by atoms with Crippen LogP contribution in [0.4, 0.5) is 0 Å². The molecule has 1 saturated heterocycles. The van der Waals surface area contributed by atoms with Gasteiger partial charge >= 0.3 is 5.97 Å². The number of ether oxygens (including phenoxy) is 1. The summed E-state index contributed by atoms with van der Waals surface area (Å²) in [4.78, 5) is 17.7. The quantitative estimate of drug-likeness (QED) is 0.810. The Morgan fingerprint density at radius 3 is 2.70 bits per heavy atom. The molecule has 1 aromatic heterocycles. The minimum absolute atomic E-state index is 0.0274. The largest absolute Gasteiger partial charge is 0.467 e. The van der Waals surface area contributed by atoms with Crippen LogP contribution >= 0.6 is 0 Å². The van der Waals surface area contributed by atoms with Crippen molar-refractivity contribution in [3.8, 4) is 0 Å². The van der Waals surface area contributed by atoms with E-state index in [1.807, 2.05) is 24.5 Å². The number of aliphatic hydroxyl groups excluding tert-OH is 1. The van der Waals surface area contributed by atoms with Gasteiger partial charge in [0.05, 0.1) is 7.11 Å².